The van der Waals surface area contributed by atoms with Crippen molar-refractivity contribution in [3.63, 3.8) is 0 Å². The van der Waals surface area contributed by atoms with Crippen molar-refractivity contribution in [2.45, 2.75) is 81.1 Å². The quantitative estimate of drug-likeness (QED) is 0.493. The summed E-state index contributed by atoms with van der Waals surface area (Å²) >= 11 is 0. The van der Waals surface area contributed by atoms with Crippen LogP contribution in [-0.2, 0) is 0 Å². The third-order valence-electron chi connectivity index (χ3n) is 3.22. The van der Waals surface area contributed by atoms with Gasteiger partial charge in [0.25, 0.3) is 0 Å². The van der Waals surface area contributed by atoms with E-state index in [2.05, 4.69) is 46.9 Å². The van der Waals surface area contributed by atoms with Gasteiger partial charge in [-0.3, -0.25) is 0 Å². The molecular formula is C17H41N. The Labute approximate surface area is 119 Å². The second-order valence-electron chi connectivity index (χ2n) is 7.17. The maximum atomic E-state index is 3.51. The van der Waals surface area contributed by atoms with E-state index in [0.717, 1.165) is 11.8 Å². The Morgan fingerprint density at radius 3 is 2.06 bits per heavy atom. The summed E-state index contributed by atoms with van der Waals surface area (Å²) in [5.41, 5.74) is 0.541. The molecule has 0 saturated carbocycles. The van der Waals surface area contributed by atoms with E-state index in [-0.39, 0.29) is 8.85 Å². The Morgan fingerprint density at radius 2 is 1.56 bits per heavy atom. The summed E-state index contributed by atoms with van der Waals surface area (Å²) < 4.78 is 0. The number of hydrogen-bond acceptors (Lipinski definition) is 1. The molecule has 0 aliphatic heterocycles. The molecule has 0 aliphatic rings. The summed E-state index contributed by atoms with van der Waals surface area (Å²) in [5, 5.41) is 3.51. The Bertz CT molecular complexity index is 176. The number of nitrogens with one attached hydrogen (secondary N) is 1. The van der Waals surface area contributed by atoms with Crippen LogP contribution in [0.25, 0.3) is 0 Å². The number of rotatable bonds is 10. The summed E-state index contributed by atoms with van der Waals surface area (Å²) in [6, 6.07) is 0. The van der Waals surface area contributed by atoms with E-state index >= 15 is 0 Å². The van der Waals surface area contributed by atoms with Gasteiger partial charge in [0.2, 0.25) is 0 Å². The molecule has 0 fully saturated rings. The van der Waals surface area contributed by atoms with Crippen LogP contribution in [0.1, 0.15) is 82.5 Å². The van der Waals surface area contributed by atoms with Gasteiger partial charge in [0.05, 0.1) is 0 Å². The molecule has 1 nitrogen and oxygen atoms in total. The summed E-state index contributed by atoms with van der Waals surface area (Å²) in [4.78, 5) is 0. The maximum absolute atomic E-state index is 3.51. The van der Waals surface area contributed by atoms with Crippen LogP contribution in [-0.4, -0.2) is 13.1 Å². The molecule has 18 heavy (non-hydrogen) atoms. The molecule has 0 bridgehead atoms. The van der Waals surface area contributed by atoms with Gasteiger partial charge in [0.1, 0.15) is 0 Å². The average Bonchev–Trinajstić information content (AvgIpc) is 2.13. The molecule has 1 N–H and O–H groups in total. The van der Waals surface area contributed by atoms with Gasteiger partial charge in [-0.2, -0.15) is 0 Å². The van der Waals surface area contributed by atoms with E-state index in [1.165, 1.54) is 45.2 Å². The van der Waals surface area contributed by atoms with Gasteiger partial charge in [0.15, 0.2) is 0 Å². The van der Waals surface area contributed by atoms with Crippen molar-refractivity contribution in [1.29, 1.82) is 0 Å². The highest BCUT2D eigenvalue weighted by Crippen LogP contribution is 2.31. The molecule has 0 radical (unpaired) electrons. The van der Waals surface area contributed by atoms with Crippen LogP contribution >= 0.6 is 0 Å². The van der Waals surface area contributed by atoms with Gasteiger partial charge < -0.3 is 5.32 Å². The average molecular weight is 260 g/mol. The molecule has 0 aliphatic carbocycles. The van der Waals surface area contributed by atoms with Crippen molar-refractivity contribution in [3.8, 4) is 0 Å². The first-order chi connectivity index (χ1) is 7.83. The molecule has 1 heteroatoms. The minimum Gasteiger partial charge on any atom is -0.316 e. The minimum atomic E-state index is 0. The number of unbranched alkanes of at least 4 members (excludes halogenated alkanes) is 2. The van der Waals surface area contributed by atoms with E-state index < -0.39 is 0 Å². The molecule has 0 spiro atoms. The fourth-order valence-electron chi connectivity index (χ4n) is 2.63. The smallest absolute Gasteiger partial charge is 0 e. The summed E-state index contributed by atoms with van der Waals surface area (Å²) in [6.07, 6.45) is 6.86. The SMILES string of the molecule is C.CC(C)CNCCCCCC(C)(C)CC(C)C.[HH]. The second kappa shape index (κ2) is 10.8. The van der Waals surface area contributed by atoms with Gasteiger partial charge >= 0.3 is 0 Å². The maximum Gasteiger partial charge on any atom is 0 e. The van der Waals surface area contributed by atoms with Crippen molar-refractivity contribution in [3.05, 3.63) is 0 Å². The lowest BCUT2D eigenvalue weighted by Gasteiger charge is -2.26. The molecule has 0 aromatic rings. The van der Waals surface area contributed by atoms with Crippen LogP contribution in [0.2, 0.25) is 0 Å². The summed E-state index contributed by atoms with van der Waals surface area (Å²) in [5.74, 6) is 1.61. The lowest BCUT2D eigenvalue weighted by molar-refractivity contribution is 0.256. The van der Waals surface area contributed by atoms with E-state index in [1.807, 2.05) is 0 Å². The highest BCUT2D eigenvalue weighted by Gasteiger charge is 2.18. The van der Waals surface area contributed by atoms with Gasteiger partial charge in [0, 0.05) is 1.43 Å². The van der Waals surface area contributed by atoms with Crippen molar-refractivity contribution in [1.82, 2.24) is 5.32 Å². The van der Waals surface area contributed by atoms with Gasteiger partial charge in [-0.25, -0.2) is 0 Å². The topological polar surface area (TPSA) is 12.0 Å². The lowest BCUT2D eigenvalue weighted by atomic mass is 9.80. The standard InChI is InChI=1S/C16H35N.CH4.H2/c1-14(2)12-16(5,6)10-8-7-9-11-17-13-15(3)4;;/h14-15,17H,7-13H2,1-6H3;1H4;1H. The molecule has 114 valence electrons. The van der Waals surface area contributed by atoms with Crippen molar-refractivity contribution >= 4 is 0 Å². The zero-order chi connectivity index (χ0) is 13.3. The largest absolute Gasteiger partial charge is 0.316 e. The highest BCUT2D eigenvalue weighted by atomic mass is 14.8. The van der Waals surface area contributed by atoms with Crippen molar-refractivity contribution in [2.24, 2.45) is 17.3 Å². The van der Waals surface area contributed by atoms with Crippen LogP contribution in [0.4, 0.5) is 0 Å². The predicted octanol–water partition coefficient (Wildman–Crippen LogP) is 5.75. The van der Waals surface area contributed by atoms with E-state index in [0.29, 0.717) is 5.41 Å². The molecule has 0 saturated heterocycles. The zero-order valence-corrected chi connectivity index (χ0v) is 13.1. The van der Waals surface area contributed by atoms with Crippen molar-refractivity contribution in [2.75, 3.05) is 13.1 Å². The molecule has 0 aromatic heterocycles. The van der Waals surface area contributed by atoms with Crippen LogP contribution in [0, 0.1) is 17.3 Å². The van der Waals surface area contributed by atoms with Crippen LogP contribution < -0.4 is 5.32 Å². The van der Waals surface area contributed by atoms with Crippen LogP contribution in [0.5, 0.6) is 0 Å². The first-order valence-electron chi connectivity index (χ1n) is 7.54. The van der Waals surface area contributed by atoms with E-state index in [1.54, 1.807) is 0 Å². The number of hydrogen-bond donors (Lipinski definition) is 1. The molecular weight excluding hydrogens is 218 g/mol. The van der Waals surface area contributed by atoms with Crippen LogP contribution in [0.3, 0.4) is 0 Å². The second-order valence-corrected chi connectivity index (χ2v) is 7.17. The Morgan fingerprint density at radius 1 is 0.944 bits per heavy atom. The van der Waals surface area contributed by atoms with Gasteiger partial charge in [-0.05, 0) is 49.6 Å². The highest BCUT2D eigenvalue weighted by molar-refractivity contribution is 4.70. The summed E-state index contributed by atoms with van der Waals surface area (Å²) in [7, 11) is 0. The fraction of sp³-hybridized carbons (Fsp3) is 1.00. The third-order valence-corrected chi connectivity index (χ3v) is 3.22. The lowest BCUT2D eigenvalue weighted by Crippen LogP contribution is -2.20. The Balaban J connectivity index is -0.00000128. The molecule has 0 heterocycles. The van der Waals surface area contributed by atoms with E-state index in [9.17, 15) is 0 Å². The first kappa shape index (κ1) is 20.3. The van der Waals surface area contributed by atoms with Crippen LogP contribution in [0.15, 0.2) is 0 Å². The Hall–Kier alpha value is -0.0400. The molecule has 0 unspecified atom stereocenters. The molecule has 0 atom stereocenters. The normalized spacial score (nSPS) is 12.0. The van der Waals surface area contributed by atoms with Gasteiger partial charge in [-0.15, -0.1) is 0 Å². The van der Waals surface area contributed by atoms with Gasteiger partial charge in [-0.1, -0.05) is 61.8 Å². The molecule has 0 rings (SSSR count). The first-order valence-corrected chi connectivity index (χ1v) is 7.54. The van der Waals surface area contributed by atoms with E-state index in [4.69, 9.17) is 0 Å². The minimum absolute atomic E-state index is 0. The zero-order valence-electron chi connectivity index (χ0n) is 13.1. The van der Waals surface area contributed by atoms with Crippen molar-refractivity contribution < 1.29 is 1.43 Å². The predicted molar refractivity (Wildman–Crippen MR) is 88.3 cm³/mol. The summed E-state index contributed by atoms with van der Waals surface area (Å²) in [6.45, 7) is 16.4. The monoisotopic (exact) mass is 259 g/mol. The molecule has 0 aromatic carbocycles. The molecule has 0 amide bonds. The Kier molecular flexibility index (Phi) is 12.2. The third kappa shape index (κ3) is 14.0. The fourth-order valence-corrected chi connectivity index (χ4v) is 2.63.